The summed E-state index contributed by atoms with van der Waals surface area (Å²) in [6.07, 6.45) is -2.56. The van der Waals surface area contributed by atoms with E-state index in [1.54, 1.807) is 0 Å². The zero-order valence-electron chi connectivity index (χ0n) is 8.53. The van der Waals surface area contributed by atoms with Gasteiger partial charge in [0.15, 0.2) is 0 Å². The summed E-state index contributed by atoms with van der Waals surface area (Å²) in [6, 6.07) is 1.54. The highest BCUT2D eigenvalue weighted by Crippen LogP contribution is 2.25. The molecule has 6 heteroatoms. The zero-order valence-corrected chi connectivity index (χ0v) is 8.53. The lowest BCUT2D eigenvalue weighted by molar-refractivity contribution is 0.0129. The molecule has 4 nitrogen and oxygen atoms in total. The fourth-order valence-corrected chi connectivity index (χ4v) is 1.35. The number of halogens is 2. The van der Waals surface area contributed by atoms with Gasteiger partial charge in [0.1, 0.15) is 17.7 Å². The fourth-order valence-electron chi connectivity index (χ4n) is 1.35. The van der Waals surface area contributed by atoms with Crippen molar-refractivity contribution in [3.05, 3.63) is 29.3 Å². The molecule has 1 aromatic rings. The topological polar surface area (TPSA) is 92.5 Å². The molecule has 0 fully saturated rings. The van der Waals surface area contributed by atoms with Crippen molar-refractivity contribution in [3.8, 4) is 0 Å². The second kappa shape index (κ2) is 5.20. The molecule has 90 valence electrons. The number of aliphatic hydroxyl groups is 2. The molecule has 0 aliphatic heterocycles. The molecule has 0 heterocycles. The third-order valence-corrected chi connectivity index (χ3v) is 2.26. The smallest absolute Gasteiger partial charge is 0.149 e. The van der Waals surface area contributed by atoms with E-state index in [0.717, 1.165) is 6.07 Å². The Morgan fingerprint density at radius 1 is 1.19 bits per heavy atom. The number of hydrogen-bond acceptors (Lipinski definition) is 4. The first-order valence-corrected chi connectivity index (χ1v) is 4.78. The number of benzene rings is 1. The molecule has 0 radical (unpaired) electrons. The third kappa shape index (κ3) is 2.66. The van der Waals surface area contributed by atoms with E-state index in [1.807, 2.05) is 0 Å². The first-order chi connectivity index (χ1) is 7.47. The molecular formula is C10H14F2N2O2. The Labute approximate surface area is 91.5 Å². The minimum Gasteiger partial charge on any atom is -0.396 e. The maximum absolute atomic E-state index is 13.3. The Hall–Kier alpha value is -1.24. The highest BCUT2D eigenvalue weighted by Gasteiger charge is 2.22. The van der Waals surface area contributed by atoms with Crippen molar-refractivity contribution >= 4 is 5.69 Å². The minimum absolute atomic E-state index is 0.109. The number of hydrogen-bond donors (Lipinski definition) is 4. The molecule has 2 unspecified atom stereocenters. The second-order valence-corrected chi connectivity index (χ2v) is 3.48. The molecule has 0 saturated carbocycles. The van der Waals surface area contributed by atoms with Crippen LogP contribution in [-0.4, -0.2) is 22.9 Å². The number of anilines is 1. The van der Waals surface area contributed by atoms with Gasteiger partial charge in [-0.1, -0.05) is 0 Å². The van der Waals surface area contributed by atoms with E-state index in [0.29, 0.717) is 6.07 Å². The summed E-state index contributed by atoms with van der Waals surface area (Å²) < 4.78 is 26.1. The Kier molecular flexibility index (Phi) is 4.17. The van der Waals surface area contributed by atoms with Crippen molar-refractivity contribution in [3.63, 3.8) is 0 Å². The molecule has 0 aromatic heterocycles. The standard InChI is InChI=1S/C10H14F2N2O2/c11-6-4-7(12)8(14)3-5(6)10(16)9(15)1-2-13/h3-4,9-10,15-16H,1-2,13-14H2. The molecule has 0 spiro atoms. The average molecular weight is 232 g/mol. The van der Waals surface area contributed by atoms with E-state index in [2.05, 4.69) is 0 Å². The van der Waals surface area contributed by atoms with Crippen LogP contribution in [0.15, 0.2) is 12.1 Å². The van der Waals surface area contributed by atoms with E-state index < -0.39 is 23.8 Å². The number of aliphatic hydroxyl groups excluding tert-OH is 2. The monoisotopic (exact) mass is 232 g/mol. The van der Waals surface area contributed by atoms with Crippen LogP contribution in [0.3, 0.4) is 0 Å². The molecule has 6 N–H and O–H groups in total. The van der Waals surface area contributed by atoms with Crippen molar-refractivity contribution in [1.82, 2.24) is 0 Å². The van der Waals surface area contributed by atoms with Gasteiger partial charge in [0, 0.05) is 11.6 Å². The Morgan fingerprint density at radius 2 is 1.81 bits per heavy atom. The van der Waals surface area contributed by atoms with Crippen LogP contribution in [-0.2, 0) is 0 Å². The van der Waals surface area contributed by atoms with Gasteiger partial charge in [-0.15, -0.1) is 0 Å². The van der Waals surface area contributed by atoms with Crippen LogP contribution >= 0.6 is 0 Å². The van der Waals surface area contributed by atoms with Crippen molar-refractivity contribution in [2.45, 2.75) is 18.6 Å². The maximum atomic E-state index is 13.3. The first kappa shape index (κ1) is 12.8. The Bertz CT molecular complexity index is 374. The summed E-state index contributed by atoms with van der Waals surface area (Å²) in [5.74, 6) is -1.85. The van der Waals surface area contributed by atoms with Crippen LogP contribution in [0, 0.1) is 11.6 Å². The summed E-state index contributed by atoms with van der Waals surface area (Å²) >= 11 is 0. The molecule has 0 saturated heterocycles. The van der Waals surface area contributed by atoms with Gasteiger partial charge in [0.25, 0.3) is 0 Å². The SMILES string of the molecule is NCCC(O)C(O)c1cc(N)c(F)cc1F. The fraction of sp³-hybridized carbons (Fsp3) is 0.400. The Balaban J connectivity index is 2.99. The number of rotatable bonds is 4. The van der Waals surface area contributed by atoms with Crippen molar-refractivity contribution in [2.24, 2.45) is 5.73 Å². The molecule has 1 rings (SSSR count). The maximum Gasteiger partial charge on any atom is 0.149 e. The second-order valence-electron chi connectivity index (χ2n) is 3.48. The lowest BCUT2D eigenvalue weighted by atomic mass is 10.0. The lowest BCUT2D eigenvalue weighted by Crippen LogP contribution is -2.22. The van der Waals surface area contributed by atoms with Crippen molar-refractivity contribution in [1.29, 1.82) is 0 Å². The predicted octanol–water partition coefficient (Wildman–Crippen LogP) is 0.290. The lowest BCUT2D eigenvalue weighted by Gasteiger charge is -2.18. The average Bonchev–Trinajstić information content (AvgIpc) is 2.23. The summed E-state index contributed by atoms with van der Waals surface area (Å²) in [6.45, 7) is 0.149. The van der Waals surface area contributed by atoms with Crippen LogP contribution in [0.25, 0.3) is 0 Å². The number of nitrogen functional groups attached to an aromatic ring is 1. The van der Waals surface area contributed by atoms with Crippen molar-refractivity contribution < 1.29 is 19.0 Å². The highest BCUT2D eigenvalue weighted by atomic mass is 19.1. The van der Waals surface area contributed by atoms with E-state index >= 15 is 0 Å². The molecule has 0 bridgehead atoms. The summed E-state index contributed by atoms with van der Waals surface area (Å²) in [5, 5.41) is 19.0. The molecule has 1 aromatic carbocycles. The third-order valence-electron chi connectivity index (χ3n) is 2.26. The highest BCUT2D eigenvalue weighted by molar-refractivity contribution is 5.44. The largest absolute Gasteiger partial charge is 0.396 e. The van der Waals surface area contributed by atoms with Gasteiger partial charge >= 0.3 is 0 Å². The van der Waals surface area contributed by atoms with E-state index in [9.17, 15) is 19.0 Å². The molecule has 0 aliphatic rings. The molecule has 0 aliphatic carbocycles. The van der Waals surface area contributed by atoms with E-state index in [-0.39, 0.29) is 24.2 Å². The van der Waals surface area contributed by atoms with E-state index in [1.165, 1.54) is 0 Å². The quantitative estimate of drug-likeness (QED) is 0.561. The summed E-state index contributed by atoms with van der Waals surface area (Å²) in [4.78, 5) is 0. The first-order valence-electron chi connectivity index (χ1n) is 4.78. The van der Waals surface area contributed by atoms with Crippen LogP contribution < -0.4 is 11.5 Å². The normalized spacial score (nSPS) is 14.8. The molecule has 0 amide bonds. The van der Waals surface area contributed by atoms with Gasteiger partial charge in [-0.2, -0.15) is 0 Å². The van der Waals surface area contributed by atoms with Crippen LogP contribution in [0.4, 0.5) is 14.5 Å². The van der Waals surface area contributed by atoms with Crippen LogP contribution in [0.1, 0.15) is 18.1 Å². The van der Waals surface area contributed by atoms with E-state index in [4.69, 9.17) is 11.5 Å². The van der Waals surface area contributed by atoms with Gasteiger partial charge in [-0.25, -0.2) is 8.78 Å². The van der Waals surface area contributed by atoms with Crippen LogP contribution in [0.5, 0.6) is 0 Å². The van der Waals surface area contributed by atoms with Gasteiger partial charge in [0.05, 0.1) is 11.8 Å². The Morgan fingerprint density at radius 3 is 2.38 bits per heavy atom. The summed E-state index contributed by atoms with van der Waals surface area (Å²) in [5.41, 5.74) is 9.91. The van der Waals surface area contributed by atoms with Crippen LogP contribution in [0.2, 0.25) is 0 Å². The van der Waals surface area contributed by atoms with Gasteiger partial charge in [0.2, 0.25) is 0 Å². The minimum atomic E-state index is -1.47. The van der Waals surface area contributed by atoms with Gasteiger partial charge in [-0.3, -0.25) is 0 Å². The number of nitrogens with two attached hydrogens (primary N) is 2. The molecular weight excluding hydrogens is 218 g/mol. The predicted molar refractivity (Wildman–Crippen MR) is 55.4 cm³/mol. The zero-order chi connectivity index (χ0) is 12.3. The summed E-state index contributed by atoms with van der Waals surface area (Å²) in [7, 11) is 0. The van der Waals surface area contributed by atoms with Crippen molar-refractivity contribution in [2.75, 3.05) is 12.3 Å². The van der Waals surface area contributed by atoms with Gasteiger partial charge in [-0.05, 0) is 19.0 Å². The van der Waals surface area contributed by atoms with Gasteiger partial charge < -0.3 is 21.7 Å². The molecule has 2 atom stereocenters. The molecule has 16 heavy (non-hydrogen) atoms.